The fourth-order valence-electron chi connectivity index (χ4n) is 3.02. The molecule has 2 amide bonds. The van der Waals surface area contributed by atoms with Crippen LogP contribution in [0.1, 0.15) is 22.6 Å². The van der Waals surface area contributed by atoms with Gasteiger partial charge in [-0.15, -0.1) is 6.58 Å². The van der Waals surface area contributed by atoms with Gasteiger partial charge in [-0.3, -0.25) is 9.59 Å². The average molecular weight is 376 g/mol. The van der Waals surface area contributed by atoms with Crippen molar-refractivity contribution in [1.82, 2.24) is 20.2 Å². The van der Waals surface area contributed by atoms with Crippen LogP contribution in [-0.4, -0.2) is 34.5 Å². The largest absolute Gasteiger partial charge is 0.352 e. The molecule has 0 saturated heterocycles. The van der Waals surface area contributed by atoms with Crippen molar-refractivity contribution < 1.29 is 9.59 Å². The molecule has 3 rings (SSSR count). The van der Waals surface area contributed by atoms with Crippen LogP contribution in [0.2, 0.25) is 0 Å². The van der Waals surface area contributed by atoms with Crippen LogP contribution in [0.5, 0.6) is 0 Å². The van der Waals surface area contributed by atoms with Gasteiger partial charge in [0.15, 0.2) is 0 Å². The second-order valence-electron chi connectivity index (χ2n) is 6.42. The molecule has 0 saturated carbocycles. The van der Waals surface area contributed by atoms with Crippen molar-refractivity contribution in [3.63, 3.8) is 0 Å². The van der Waals surface area contributed by atoms with Crippen molar-refractivity contribution >= 4 is 22.8 Å². The summed E-state index contributed by atoms with van der Waals surface area (Å²) >= 11 is 0. The standard InChI is InChI=1S/C22H24N4O2/c1-2-14-23-21(27)16-26-19-12-7-6-11-18(19)25-20(26)13-8-15-24-22(28)17-9-4-3-5-10-17/h2-7,9-12H,1,8,13-16H2,(H,23,27)(H,24,28). The van der Waals surface area contributed by atoms with Gasteiger partial charge in [0.2, 0.25) is 5.91 Å². The van der Waals surface area contributed by atoms with Crippen molar-refractivity contribution in [3.8, 4) is 0 Å². The van der Waals surface area contributed by atoms with Crippen molar-refractivity contribution in [3.05, 3.63) is 78.6 Å². The first-order valence-corrected chi connectivity index (χ1v) is 9.34. The Morgan fingerprint density at radius 3 is 2.57 bits per heavy atom. The van der Waals surface area contributed by atoms with E-state index in [0.717, 1.165) is 23.3 Å². The van der Waals surface area contributed by atoms with Crippen LogP contribution >= 0.6 is 0 Å². The first kappa shape index (κ1) is 19.4. The normalized spacial score (nSPS) is 10.6. The number of amides is 2. The molecule has 6 heteroatoms. The Kier molecular flexibility index (Phi) is 6.57. The highest BCUT2D eigenvalue weighted by Crippen LogP contribution is 2.17. The molecule has 1 heterocycles. The minimum absolute atomic E-state index is 0.0818. The molecule has 2 aromatic carbocycles. The van der Waals surface area contributed by atoms with Gasteiger partial charge in [0.1, 0.15) is 12.4 Å². The van der Waals surface area contributed by atoms with E-state index in [1.807, 2.05) is 47.0 Å². The van der Waals surface area contributed by atoms with E-state index in [1.54, 1.807) is 18.2 Å². The maximum absolute atomic E-state index is 12.2. The number of para-hydroxylation sites is 2. The fourth-order valence-corrected chi connectivity index (χ4v) is 3.02. The number of nitrogens with zero attached hydrogens (tertiary/aromatic N) is 2. The highest BCUT2D eigenvalue weighted by Gasteiger charge is 2.13. The molecular formula is C22H24N4O2. The van der Waals surface area contributed by atoms with Crippen molar-refractivity contribution in [2.24, 2.45) is 0 Å². The van der Waals surface area contributed by atoms with Gasteiger partial charge in [0.05, 0.1) is 11.0 Å². The Morgan fingerprint density at radius 2 is 1.79 bits per heavy atom. The lowest BCUT2D eigenvalue weighted by Gasteiger charge is -2.10. The number of carbonyl (C=O) groups excluding carboxylic acids is 2. The Bertz CT molecular complexity index is 963. The molecule has 0 unspecified atom stereocenters. The fraction of sp³-hybridized carbons (Fsp3) is 0.227. The number of carbonyl (C=O) groups is 2. The summed E-state index contributed by atoms with van der Waals surface area (Å²) in [7, 11) is 0. The van der Waals surface area contributed by atoms with Crippen LogP contribution in [0.25, 0.3) is 11.0 Å². The van der Waals surface area contributed by atoms with E-state index in [2.05, 4.69) is 22.2 Å². The van der Waals surface area contributed by atoms with Crippen LogP contribution in [0.4, 0.5) is 0 Å². The second-order valence-corrected chi connectivity index (χ2v) is 6.42. The predicted molar refractivity (Wildman–Crippen MR) is 110 cm³/mol. The summed E-state index contributed by atoms with van der Waals surface area (Å²) in [5.74, 6) is 0.670. The van der Waals surface area contributed by atoms with E-state index in [4.69, 9.17) is 0 Å². The van der Waals surface area contributed by atoms with Crippen LogP contribution in [0.15, 0.2) is 67.3 Å². The lowest BCUT2D eigenvalue weighted by molar-refractivity contribution is -0.121. The molecule has 0 fully saturated rings. The molecule has 28 heavy (non-hydrogen) atoms. The van der Waals surface area contributed by atoms with E-state index < -0.39 is 0 Å². The summed E-state index contributed by atoms with van der Waals surface area (Å²) < 4.78 is 1.94. The van der Waals surface area contributed by atoms with Crippen LogP contribution in [0.3, 0.4) is 0 Å². The van der Waals surface area contributed by atoms with Gasteiger partial charge in [-0.25, -0.2) is 4.98 Å². The molecule has 0 atom stereocenters. The Hall–Kier alpha value is -3.41. The summed E-state index contributed by atoms with van der Waals surface area (Å²) in [6.07, 6.45) is 3.05. The summed E-state index contributed by atoms with van der Waals surface area (Å²) in [5.41, 5.74) is 2.44. The predicted octanol–water partition coefficient (Wildman–Crippen LogP) is 2.70. The van der Waals surface area contributed by atoms with Crippen molar-refractivity contribution in [2.75, 3.05) is 13.1 Å². The Labute approximate surface area is 164 Å². The third kappa shape index (κ3) is 4.85. The van der Waals surface area contributed by atoms with Gasteiger partial charge in [-0.05, 0) is 30.7 Å². The van der Waals surface area contributed by atoms with Crippen molar-refractivity contribution in [1.29, 1.82) is 0 Å². The lowest BCUT2D eigenvalue weighted by atomic mass is 10.2. The maximum Gasteiger partial charge on any atom is 0.251 e. The number of aromatic nitrogens is 2. The number of benzene rings is 2. The second kappa shape index (κ2) is 9.50. The first-order valence-electron chi connectivity index (χ1n) is 9.34. The van der Waals surface area contributed by atoms with Gasteiger partial charge in [-0.2, -0.15) is 0 Å². The van der Waals surface area contributed by atoms with Gasteiger partial charge in [-0.1, -0.05) is 36.4 Å². The molecule has 0 radical (unpaired) electrons. The summed E-state index contributed by atoms with van der Waals surface area (Å²) in [6, 6.07) is 16.9. The van der Waals surface area contributed by atoms with Crippen LogP contribution in [-0.2, 0) is 17.8 Å². The SMILES string of the molecule is C=CCNC(=O)Cn1c(CCCNC(=O)c2ccccc2)nc2ccccc21. The van der Waals surface area contributed by atoms with Gasteiger partial charge in [0, 0.05) is 25.1 Å². The zero-order valence-electron chi connectivity index (χ0n) is 15.7. The number of hydrogen-bond donors (Lipinski definition) is 2. The van der Waals surface area contributed by atoms with Gasteiger partial charge < -0.3 is 15.2 Å². The summed E-state index contributed by atoms with van der Waals surface area (Å²) in [6.45, 7) is 4.80. The highest BCUT2D eigenvalue weighted by molar-refractivity contribution is 5.94. The third-order valence-corrected chi connectivity index (χ3v) is 4.38. The quantitative estimate of drug-likeness (QED) is 0.445. The number of fused-ring (bicyclic) bond motifs is 1. The molecular weight excluding hydrogens is 352 g/mol. The Balaban J connectivity index is 1.63. The monoisotopic (exact) mass is 376 g/mol. The zero-order valence-corrected chi connectivity index (χ0v) is 15.7. The molecule has 1 aromatic heterocycles. The van der Waals surface area contributed by atoms with E-state index in [0.29, 0.717) is 25.1 Å². The average Bonchev–Trinajstić information content (AvgIpc) is 3.07. The summed E-state index contributed by atoms with van der Waals surface area (Å²) in [4.78, 5) is 29.0. The van der Waals surface area contributed by atoms with Gasteiger partial charge in [0.25, 0.3) is 5.91 Å². The third-order valence-electron chi connectivity index (χ3n) is 4.38. The van der Waals surface area contributed by atoms with Crippen LogP contribution < -0.4 is 10.6 Å². The first-order chi connectivity index (χ1) is 13.7. The Morgan fingerprint density at radius 1 is 1.04 bits per heavy atom. The highest BCUT2D eigenvalue weighted by atomic mass is 16.2. The van der Waals surface area contributed by atoms with E-state index in [1.165, 1.54) is 0 Å². The van der Waals surface area contributed by atoms with Gasteiger partial charge >= 0.3 is 0 Å². The molecule has 3 aromatic rings. The van der Waals surface area contributed by atoms with Crippen LogP contribution in [0, 0.1) is 0 Å². The van der Waals surface area contributed by atoms with E-state index in [-0.39, 0.29) is 18.4 Å². The smallest absolute Gasteiger partial charge is 0.251 e. The minimum atomic E-state index is -0.0853. The number of rotatable bonds is 9. The number of imidazole rings is 1. The molecule has 144 valence electrons. The van der Waals surface area contributed by atoms with Crippen molar-refractivity contribution in [2.45, 2.75) is 19.4 Å². The van der Waals surface area contributed by atoms with E-state index in [9.17, 15) is 9.59 Å². The molecule has 0 aliphatic rings. The number of aryl methyl sites for hydroxylation is 1. The maximum atomic E-state index is 12.2. The molecule has 0 bridgehead atoms. The molecule has 0 aliphatic carbocycles. The van der Waals surface area contributed by atoms with E-state index >= 15 is 0 Å². The topological polar surface area (TPSA) is 76.0 Å². The number of nitrogens with one attached hydrogen (secondary N) is 2. The lowest BCUT2D eigenvalue weighted by Crippen LogP contribution is -2.28. The summed E-state index contributed by atoms with van der Waals surface area (Å²) in [5, 5.41) is 5.73. The number of hydrogen-bond acceptors (Lipinski definition) is 3. The molecule has 2 N–H and O–H groups in total. The minimum Gasteiger partial charge on any atom is -0.352 e. The zero-order chi connectivity index (χ0) is 19.8. The molecule has 0 aliphatic heterocycles. The molecule has 6 nitrogen and oxygen atoms in total. The molecule has 0 spiro atoms.